The van der Waals surface area contributed by atoms with Crippen molar-refractivity contribution in [2.75, 3.05) is 19.6 Å². The Labute approximate surface area is 195 Å². The number of fused-ring (bicyclic) bond motifs is 1. The minimum atomic E-state index is -1.04. The Balaban J connectivity index is 1.76. The van der Waals surface area contributed by atoms with E-state index < -0.39 is 5.54 Å². The minimum Gasteiger partial charge on any atom is -0.354 e. The standard InChI is InChI=1S/C25H35N5O3/c1-5-15-30-23(32)21-20(22(31)26-14-12-19-9-7-6-8-10-19)28-17-29(21)16-25(30,4)24(33)27-13-11-18(2)3/h6-10,17-18H,5,11-16H2,1-4H3,(H,26,31)(H,27,33)/t25-/m1/s1. The van der Waals surface area contributed by atoms with Gasteiger partial charge >= 0.3 is 0 Å². The van der Waals surface area contributed by atoms with Crippen LogP contribution in [0.4, 0.5) is 0 Å². The summed E-state index contributed by atoms with van der Waals surface area (Å²) in [5.41, 5.74) is 0.428. The quantitative estimate of drug-likeness (QED) is 0.578. The highest BCUT2D eigenvalue weighted by Gasteiger charge is 2.48. The van der Waals surface area contributed by atoms with Crippen molar-refractivity contribution in [3.05, 3.63) is 53.6 Å². The molecule has 1 aromatic carbocycles. The zero-order valence-corrected chi connectivity index (χ0v) is 20.1. The van der Waals surface area contributed by atoms with Gasteiger partial charge in [0.2, 0.25) is 5.91 Å². The van der Waals surface area contributed by atoms with Gasteiger partial charge in [0.1, 0.15) is 11.2 Å². The fourth-order valence-electron chi connectivity index (χ4n) is 4.14. The third kappa shape index (κ3) is 5.43. The molecule has 2 aromatic rings. The highest BCUT2D eigenvalue weighted by atomic mass is 16.2. The van der Waals surface area contributed by atoms with Crippen molar-refractivity contribution in [1.29, 1.82) is 0 Å². The maximum absolute atomic E-state index is 13.5. The molecule has 3 amide bonds. The number of rotatable bonds is 10. The van der Waals surface area contributed by atoms with Crippen LogP contribution in [0.25, 0.3) is 0 Å². The molecule has 33 heavy (non-hydrogen) atoms. The van der Waals surface area contributed by atoms with Gasteiger partial charge in [0, 0.05) is 19.6 Å². The number of imidazole rings is 1. The lowest BCUT2D eigenvalue weighted by Crippen LogP contribution is -2.64. The van der Waals surface area contributed by atoms with Crippen LogP contribution >= 0.6 is 0 Å². The summed E-state index contributed by atoms with van der Waals surface area (Å²) in [5, 5.41) is 5.86. The maximum Gasteiger partial charge on any atom is 0.273 e. The molecule has 0 unspecified atom stereocenters. The van der Waals surface area contributed by atoms with Crippen LogP contribution in [-0.2, 0) is 17.8 Å². The number of benzene rings is 1. The molecule has 0 fully saturated rings. The number of nitrogens with one attached hydrogen (secondary N) is 2. The van der Waals surface area contributed by atoms with Crippen molar-refractivity contribution in [3.8, 4) is 0 Å². The fraction of sp³-hybridized carbons (Fsp3) is 0.520. The summed E-state index contributed by atoms with van der Waals surface area (Å²) in [5.74, 6) is -0.427. The molecule has 8 heteroatoms. The van der Waals surface area contributed by atoms with Gasteiger partial charge in [-0.05, 0) is 37.7 Å². The molecule has 178 valence electrons. The third-order valence-corrected chi connectivity index (χ3v) is 6.06. The van der Waals surface area contributed by atoms with Crippen LogP contribution in [0.3, 0.4) is 0 Å². The summed E-state index contributed by atoms with van der Waals surface area (Å²) in [6.45, 7) is 9.64. The largest absolute Gasteiger partial charge is 0.354 e. The second-order valence-electron chi connectivity index (χ2n) is 9.23. The van der Waals surface area contributed by atoms with Gasteiger partial charge in [0.15, 0.2) is 5.69 Å². The van der Waals surface area contributed by atoms with E-state index in [0.717, 1.165) is 12.0 Å². The summed E-state index contributed by atoms with van der Waals surface area (Å²) >= 11 is 0. The summed E-state index contributed by atoms with van der Waals surface area (Å²) < 4.78 is 1.64. The molecule has 1 aliphatic rings. The summed E-state index contributed by atoms with van der Waals surface area (Å²) in [6, 6.07) is 9.87. The van der Waals surface area contributed by atoms with Crippen LogP contribution in [-0.4, -0.2) is 57.3 Å². The Hall–Kier alpha value is -3.16. The Morgan fingerprint density at radius 2 is 1.88 bits per heavy atom. The van der Waals surface area contributed by atoms with Gasteiger partial charge in [0.25, 0.3) is 11.8 Å². The number of amides is 3. The van der Waals surface area contributed by atoms with E-state index in [2.05, 4.69) is 29.5 Å². The SMILES string of the molecule is CCCN1C(=O)c2c(C(=O)NCCc3ccccc3)ncn2C[C@]1(C)C(=O)NCCC(C)C. The van der Waals surface area contributed by atoms with E-state index in [4.69, 9.17) is 0 Å². The van der Waals surface area contributed by atoms with Crippen molar-refractivity contribution in [2.24, 2.45) is 5.92 Å². The number of nitrogens with zero attached hydrogens (tertiary/aromatic N) is 3. The lowest BCUT2D eigenvalue weighted by atomic mass is 9.93. The Kier molecular flexibility index (Phi) is 7.89. The summed E-state index contributed by atoms with van der Waals surface area (Å²) in [4.78, 5) is 45.3. The molecule has 1 atom stereocenters. The van der Waals surface area contributed by atoms with E-state index >= 15 is 0 Å². The van der Waals surface area contributed by atoms with Crippen LogP contribution in [0, 0.1) is 5.92 Å². The second-order valence-corrected chi connectivity index (χ2v) is 9.23. The molecule has 2 heterocycles. The normalized spacial score (nSPS) is 17.7. The zero-order chi connectivity index (χ0) is 24.0. The zero-order valence-electron chi connectivity index (χ0n) is 20.1. The summed E-state index contributed by atoms with van der Waals surface area (Å²) in [6.07, 6.45) is 3.75. The molecule has 3 rings (SSSR count). The van der Waals surface area contributed by atoms with Gasteiger partial charge in [-0.2, -0.15) is 0 Å². The average molecular weight is 454 g/mol. The highest BCUT2D eigenvalue weighted by molar-refractivity contribution is 6.07. The van der Waals surface area contributed by atoms with Crippen LogP contribution in [0.5, 0.6) is 0 Å². The van der Waals surface area contributed by atoms with Gasteiger partial charge < -0.3 is 20.1 Å². The van der Waals surface area contributed by atoms with Gasteiger partial charge in [0.05, 0.1) is 12.9 Å². The molecule has 2 N–H and O–H groups in total. The van der Waals surface area contributed by atoms with Gasteiger partial charge in [-0.25, -0.2) is 4.98 Å². The first kappa shape index (κ1) is 24.5. The monoisotopic (exact) mass is 453 g/mol. The molecular formula is C25H35N5O3. The topological polar surface area (TPSA) is 96.3 Å². The number of hydrogen-bond donors (Lipinski definition) is 2. The number of carbonyl (C=O) groups excluding carboxylic acids is 3. The first-order chi connectivity index (χ1) is 15.8. The smallest absolute Gasteiger partial charge is 0.273 e. The van der Waals surface area contributed by atoms with Crippen molar-refractivity contribution in [2.45, 2.75) is 59.0 Å². The van der Waals surface area contributed by atoms with E-state index in [-0.39, 0.29) is 35.7 Å². The van der Waals surface area contributed by atoms with Crippen molar-refractivity contribution >= 4 is 17.7 Å². The lowest BCUT2D eigenvalue weighted by Gasteiger charge is -2.43. The number of hydrogen-bond acceptors (Lipinski definition) is 4. The molecule has 0 saturated carbocycles. The van der Waals surface area contributed by atoms with Crippen molar-refractivity contribution < 1.29 is 14.4 Å². The van der Waals surface area contributed by atoms with Crippen LogP contribution in [0.1, 0.15) is 67.1 Å². The van der Waals surface area contributed by atoms with E-state index in [0.29, 0.717) is 38.4 Å². The highest BCUT2D eigenvalue weighted by Crippen LogP contribution is 2.29. The first-order valence-electron chi connectivity index (χ1n) is 11.8. The molecule has 0 bridgehead atoms. The molecule has 1 aliphatic heterocycles. The molecule has 0 saturated heterocycles. The molecule has 0 spiro atoms. The fourth-order valence-corrected chi connectivity index (χ4v) is 4.14. The van der Waals surface area contributed by atoms with Crippen molar-refractivity contribution in [1.82, 2.24) is 25.1 Å². The van der Waals surface area contributed by atoms with Gasteiger partial charge in [-0.1, -0.05) is 51.1 Å². The Morgan fingerprint density at radius 1 is 1.15 bits per heavy atom. The van der Waals surface area contributed by atoms with Crippen molar-refractivity contribution in [3.63, 3.8) is 0 Å². The number of carbonyl (C=O) groups is 3. The number of aromatic nitrogens is 2. The lowest BCUT2D eigenvalue weighted by molar-refractivity contribution is -0.132. The Bertz CT molecular complexity index is 985. The molecule has 8 nitrogen and oxygen atoms in total. The van der Waals surface area contributed by atoms with Crippen LogP contribution in [0.15, 0.2) is 36.7 Å². The van der Waals surface area contributed by atoms with Crippen LogP contribution < -0.4 is 10.6 Å². The van der Waals surface area contributed by atoms with E-state index in [1.807, 2.05) is 37.3 Å². The first-order valence-corrected chi connectivity index (χ1v) is 11.8. The van der Waals surface area contributed by atoms with E-state index in [1.165, 1.54) is 6.33 Å². The Morgan fingerprint density at radius 3 is 2.55 bits per heavy atom. The molecule has 0 aliphatic carbocycles. The third-order valence-electron chi connectivity index (χ3n) is 6.06. The molecule has 0 radical (unpaired) electrons. The second kappa shape index (κ2) is 10.6. The van der Waals surface area contributed by atoms with Gasteiger partial charge in [-0.3, -0.25) is 14.4 Å². The maximum atomic E-state index is 13.5. The predicted octanol–water partition coefficient (Wildman–Crippen LogP) is 2.64. The average Bonchev–Trinajstić information content (AvgIpc) is 3.20. The molecular weight excluding hydrogens is 418 g/mol. The summed E-state index contributed by atoms with van der Waals surface area (Å²) in [7, 11) is 0. The predicted molar refractivity (Wildman–Crippen MR) is 127 cm³/mol. The van der Waals surface area contributed by atoms with E-state index in [1.54, 1.807) is 16.4 Å². The van der Waals surface area contributed by atoms with Crippen LogP contribution in [0.2, 0.25) is 0 Å². The van der Waals surface area contributed by atoms with Gasteiger partial charge in [-0.15, -0.1) is 0 Å². The van der Waals surface area contributed by atoms with E-state index in [9.17, 15) is 14.4 Å². The minimum absolute atomic E-state index is 0.108. The molecule has 1 aromatic heterocycles.